The summed E-state index contributed by atoms with van der Waals surface area (Å²) in [6.07, 6.45) is 0.892. The van der Waals surface area contributed by atoms with E-state index in [1.165, 1.54) is 24.3 Å². The molecule has 1 unspecified atom stereocenters. The number of hydrogen-bond acceptors (Lipinski definition) is 5. The second-order valence-corrected chi connectivity index (χ2v) is 6.20. The predicted molar refractivity (Wildman–Crippen MR) is 103 cm³/mol. The van der Waals surface area contributed by atoms with Crippen LogP contribution in [-0.2, 0) is 16.6 Å². The minimum atomic E-state index is -1.06. The average Bonchev–Trinajstić information content (AvgIpc) is 3.06. The Morgan fingerprint density at radius 3 is 2.68 bits per heavy atom. The topological polar surface area (TPSA) is 126 Å². The number of aliphatic hydroxyl groups is 1. The predicted octanol–water partition coefficient (Wildman–Crippen LogP) is 1.87. The number of nitrogens with one attached hydrogen (secondary N) is 2. The number of carbonyl (C=O) groups excluding carboxylic acids is 2. The van der Waals surface area contributed by atoms with Gasteiger partial charge in [0.25, 0.3) is 5.69 Å². The molecule has 1 atom stereocenters. The van der Waals surface area contributed by atoms with Gasteiger partial charge in [0, 0.05) is 31.4 Å². The van der Waals surface area contributed by atoms with Crippen LogP contribution in [0.5, 0.6) is 0 Å². The molecule has 9 nitrogen and oxygen atoms in total. The van der Waals surface area contributed by atoms with Crippen molar-refractivity contribution in [1.29, 1.82) is 0 Å². The van der Waals surface area contributed by atoms with Crippen molar-refractivity contribution in [2.24, 2.45) is 7.05 Å². The van der Waals surface area contributed by atoms with E-state index >= 15 is 0 Å². The van der Waals surface area contributed by atoms with Gasteiger partial charge in [-0.1, -0.05) is 18.2 Å². The quantitative estimate of drug-likeness (QED) is 0.353. The molecule has 2 amide bonds. The van der Waals surface area contributed by atoms with Crippen LogP contribution >= 0.6 is 0 Å². The molecule has 0 saturated carbocycles. The van der Waals surface area contributed by atoms with Crippen LogP contribution in [0.3, 0.4) is 0 Å². The largest absolute Gasteiger partial charge is 0.387 e. The highest BCUT2D eigenvalue weighted by molar-refractivity contribution is 6.39. The number of nitro benzene ring substituents is 1. The third-order valence-electron chi connectivity index (χ3n) is 4.31. The number of anilines is 1. The van der Waals surface area contributed by atoms with E-state index in [-0.39, 0.29) is 17.9 Å². The highest BCUT2D eigenvalue weighted by Gasteiger charge is 2.20. The van der Waals surface area contributed by atoms with Crippen LogP contribution in [-0.4, -0.2) is 33.0 Å². The van der Waals surface area contributed by atoms with E-state index in [0.29, 0.717) is 5.56 Å². The maximum absolute atomic E-state index is 12.0. The summed E-state index contributed by atoms with van der Waals surface area (Å²) < 4.78 is 1.94. The minimum Gasteiger partial charge on any atom is -0.387 e. The monoisotopic (exact) mass is 382 g/mol. The van der Waals surface area contributed by atoms with Crippen LogP contribution < -0.4 is 10.6 Å². The number of amides is 2. The number of rotatable bonds is 5. The molecule has 0 aliphatic carbocycles. The molecular formula is C19H18N4O5. The Bertz CT molecular complexity index is 1060. The first-order valence-corrected chi connectivity index (χ1v) is 8.42. The first-order valence-electron chi connectivity index (χ1n) is 8.42. The first kappa shape index (κ1) is 19.1. The van der Waals surface area contributed by atoms with Crippen LogP contribution in [0.4, 0.5) is 11.4 Å². The van der Waals surface area contributed by atoms with Crippen LogP contribution in [0.15, 0.2) is 54.7 Å². The molecule has 2 aromatic carbocycles. The van der Waals surface area contributed by atoms with E-state index in [9.17, 15) is 24.8 Å². The molecule has 3 aromatic rings. The summed E-state index contributed by atoms with van der Waals surface area (Å²) in [5.74, 6) is -2.06. The Morgan fingerprint density at radius 2 is 1.93 bits per heavy atom. The van der Waals surface area contributed by atoms with E-state index in [0.717, 1.165) is 10.9 Å². The normalized spacial score (nSPS) is 11.8. The fourth-order valence-electron chi connectivity index (χ4n) is 2.81. The van der Waals surface area contributed by atoms with E-state index in [1.54, 1.807) is 12.1 Å². The molecule has 0 aliphatic rings. The number of hydrogen-bond donors (Lipinski definition) is 3. The summed E-state index contributed by atoms with van der Waals surface area (Å²) in [5, 5.41) is 26.7. The third-order valence-corrected chi connectivity index (χ3v) is 4.31. The Balaban J connectivity index is 1.61. The summed E-state index contributed by atoms with van der Waals surface area (Å²) in [4.78, 5) is 34.3. The molecule has 1 heterocycles. The highest BCUT2D eigenvalue weighted by Crippen LogP contribution is 2.23. The number of nitrogens with zero attached hydrogens (tertiary/aromatic N) is 2. The van der Waals surface area contributed by atoms with Gasteiger partial charge in [-0.3, -0.25) is 19.7 Å². The number of aromatic nitrogens is 1. The number of aliphatic hydroxyl groups excluding tert-OH is 1. The first-order chi connectivity index (χ1) is 13.4. The minimum absolute atomic E-state index is 0.0808. The second kappa shape index (κ2) is 7.89. The van der Waals surface area contributed by atoms with Gasteiger partial charge in [-0.15, -0.1) is 0 Å². The maximum Gasteiger partial charge on any atom is 0.313 e. The molecular weight excluding hydrogens is 364 g/mol. The van der Waals surface area contributed by atoms with E-state index in [4.69, 9.17) is 0 Å². The number of aryl methyl sites for hydroxylation is 1. The van der Waals surface area contributed by atoms with Crippen molar-refractivity contribution in [1.82, 2.24) is 9.88 Å². The lowest BCUT2D eigenvalue weighted by atomic mass is 10.1. The average molecular weight is 382 g/mol. The molecule has 0 aliphatic heterocycles. The van der Waals surface area contributed by atoms with Gasteiger partial charge in [-0.25, -0.2) is 0 Å². The molecule has 0 spiro atoms. The van der Waals surface area contributed by atoms with Gasteiger partial charge in [-0.2, -0.15) is 0 Å². The SMILES string of the molecule is Cn1ccc2cc(C(O)CNC(=O)C(=O)Nc3ccccc3[N+](=O)[O-])ccc21. The molecule has 9 heteroatoms. The van der Waals surface area contributed by atoms with Crippen LogP contribution in [0, 0.1) is 10.1 Å². The molecule has 3 N–H and O–H groups in total. The van der Waals surface area contributed by atoms with Crippen molar-refractivity contribution in [2.75, 3.05) is 11.9 Å². The van der Waals surface area contributed by atoms with E-state index < -0.39 is 22.8 Å². The zero-order valence-electron chi connectivity index (χ0n) is 15.0. The molecule has 0 saturated heterocycles. The fourth-order valence-corrected chi connectivity index (χ4v) is 2.81. The number of nitro groups is 1. The Hall–Kier alpha value is -3.72. The number of benzene rings is 2. The van der Waals surface area contributed by atoms with Gasteiger partial charge in [0.15, 0.2) is 0 Å². The van der Waals surface area contributed by atoms with Crippen LogP contribution in [0.1, 0.15) is 11.7 Å². The molecule has 28 heavy (non-hydrogen) atoms. The van der Waals surface area contributed by atoms with Gasteiger partial charge in [0.2, 0.25) is 0 Å². The lowest BCUT2D eigenvalue weighted by Crippen LogP contribution is -2.37. The standard InChI is InChI=1S/C19H18N4O5/c1-22-9-8-12-10-13(6-7-15(12)22)17(24)11-20-18(25)19(26)21-14-4-2-3-5-16(14)23(27)28/h2-10,17,24H,11H2,1H3,(H,20,25)(H,21,26). The van der Waals surface area contributed by atoms with E-state index in [1.807, 2.05) is 29.9 Å². The van der Waals surface area contributed by atoms with Gasteiger partial charge >= 0.3 is 11.8 Å². The van der Waals surface area contributed by atoms with Gasteiger partial charge in [-0.05, 0) is 35.2 Å². The maximum atomic E-state index is 12.0. The molecule has 3 rings (SSSR count). The molecule has 0 radical (unpaired) electrons. The molecule has 0 bridgehead atoms. The zero-order chi connectivity index (χ0) is 20.3. The van der Waals surface area contributed by atoms with Crippen molar-refractivity contribution >= 4 is 34.1 Å². The number of fused-ring (bicyclic) bond motifs is 1. The van der Waals surface area contributed by atoms with Crippen molar-refractivity contribution in [2.45, 2.75) is 6.10 Å². The van der Waals surface area contributed by atoms with Crippen LogP contribution in [0.25, 0.3) is 10.9 Å². The van der Waals surface area contributed by atoms with Crippen molar-refractivity contribution in [3.63, 3.8) is 0 Å². The Labute approximate surface area is 159 Å². The molecule has 1 aromatic heterocycles. The smallest absolute Gasteiger partial charge is 0.313 e. The molecule has 0 fully saturated rings. The Morgan fingerprint density at radius 1 is 1.18 bits per heavy atom. The van der Waals surface area contributed by atoms with Crippen LogP contribution in [0.2, 0.25) is 0 Å². The second-order valence-electron chi connectivity index (χ2n) is 6.20. The van der Waals surface area contributed by atoms with Gasteiger partial charge in [0.05, 0.1) is 11.0 Å². The highest BCUT2D eigenvalue weighted by atomic mass is 16.6. The Kier molecular flexibility index (Phi) is 5.37. The summed E-state index contributed by atoms with van der Waals surface area (Å²) in [6, 6.07) is 12.8. The van der Waals surface area contributed by atoms with Crippen molar-refractivity contribution in [3.05, 3.63) is 70.4 Å². The number of carbonyl (C=O) groups is 2. The summed E-state index contributed by atoms with van der Waals surface area (Å²) in [6.45, 7) is -0.179. The fraction of sp³-hybridized carbons (Fsp3) is 0.158. The third kappa shape index (κ3) is 3.99. The molecule has 144 valence electrons. The van der Waals surface area contributed by atoms with Crippen molar-refractivity contribution in [3.8, 4) is 0 Å². The lowest BCUT2D eigenvalue weighted by Gasteiger charge is -2.13. The zero-order valence-corrected chi connectivity index (χ0v) is 15.0. The number of para-hydroxylation sites is 2. The van der Waals surface area contributed by atoms with Gasteiger partial charge in [0.1, 0.15) is 5.69 Å². The van der Waals surface area contributed by atoms with Crippen molar-refractivity contribution < 1.29 is 19.6 Å². The summed E-state index contributed by atoms with van der Waals surface area (Å²) in [7, 11) is 1.91. The lowest BCUT2D eigenvalue weighted by molar-refractivity contribution is -0.383. The van der Waals surface area contributed by atoms with E-state index in [2.05, 4.69) is 10.6 Å². The van der Waals surface area contributed by atoms with Gasteiger partial charge < -0.3 is 20.3 Å². The summed E-state index contributed by atoms with van der Waals surface area (Å²) in [5.41, 5.74) is 1.20. The summed E-state index contributed by atoms with van der Waals surface area (Å²) >= 11 is 0.